The summed E-state index contributed by atoms with van der Waals surface area (Å²) in [5, 5.41) is 2.79. The molecule has 0 unspecified atom stereocenters. The second kappa shape index (κ2) is 7.09. The summed E-state index contributed by atoms with van der Waals surface area (Å²) >= 11 is 0. The lowest BCUT2D eigenvalue weighted by atomic mass is 10.2. The molecule has 1 heterocycles. The number of carbonyl (C=O) groups is 1. The van der Waals surface area contributed by atoms with Gasteiger partial charge in [0.2, 0.25) is 5.91 Å². The van der Waals surface area contributed by atoms with Crippen LogP contribution in [0.5, 0.6) is 5.75 Å². The van der Waals surface area contributed by atoms with Crippen LogP contribution in [0.4, 0.5) is 5.69 Å². The molecule has 0 saturated carbocycles. The Bertz CT molecular complexity index is 594. The molecule has 0 fully saturated rings. The molecule has 0 aliphatic rings. The van der Waals surface area contributed by atoms with E-state index < -0.39 is 0 Å². The van der Waals surface area contributed by atoms with Crippen molar-refractivity contribution in [2.45, 2.75) is 6.92 Å². The second-order valence-electron chi connectivity index (χ2n) is 4.04. The number of anilines is 1. The van der Waals surface area contributed by atoms with Gasteiger partial charge < -0.3 is 10.1 Å². The molecule has 4 heteroatoms. The fourth-order valence-corrected chi connectivity index (χ4v) is 1.67. The number of ether oxygens (including phenoxy) is 1. The number of amides is 1. The number of pyridine rings is 1. The van der Waals surface area contributed by atoms with Crippen molar-refractivity contribution in [2.24, 2.45) is 0 Å². The van der Waals surface area contributed by atoms with Crippen LogP contribution in [0.25, 0.3) is 6.08 Å². The fraction of sp³-hybridized carbons (Fsp3) is 0.125. The third-order valence-electron chi connectivity index (χ3n) is 2.56. The first-order valence-corrected chi connectivity index (χ1v) is 6.40. The van der Waals surface area contributed by atoms with Crippen LogP contribution in [0.2, 0.25) is 0 Å². The Kier molecular flexibility index (Phi) is 4.89. The SMILES string of the molecule is CCOc1ccccc1NC(=O)C=Cc1cccnc1. The van der Waals surface area contributed by atoms with E-state index in [1.165, 1.54) is 6.08 Å². The largest absolute Gasteiger partial charge is 0.492 e. The zero-order valence-corrected chi connectivity index (χ0v) is 11.2. The summed E-state index contributed by atoms with van der Waals surface area (Å²) in [6.45, 7) is 2.46. The van der Waals surface area contributed by atoms with Gasteiger partial charge in [-0.1, -0.05) is 18.2 Å². The smallest absolute Gasteiger partial charge is 0.248 e. The Morgan fingerprint density at radius 2 is 2.15 bits per heavy atom. The van der Waals surface area contributed by atoms with Gasteiger partial charge in [-0.15, -0.1) is 0 Å². The second-order valence-corrected chi connectivity index (χ2v) is 4.04. The molecule has 0 atom stereocenters. The van der Waals surface area contributed by atoms with Gasteiger partial charge in [-0.2, -0.15) is 0 Å². The number of carbonyl (C=O) groups excluding carboxylic acids is 1. The van der Waals surface area contributed by atoms with Crippen molar-refractivity contribution < 1.29 is 9.53 Å². The van der Waals surface area contributed by atoms with Gasteiger partial charge in [0.05, 0.1) is 12.3 Å². The Labute approximate surface area is 118 Å². The van der Waals surface area contributed by atoms with Crippen LogP contribution >= 0.6 is 0 Å². The quantitative estimate of drug-likeness (QED) is 0.848. The summed E-state index contributed by atoms with van der Waals surface area (Å²) in [5.74, 6) is 0.458. The first kappa shape index (κ1) is 13.8. The molecule has 1 aromatic heterocycles. The van der Waals surface area contributed by atoms with Crippen molar-refractivity contribution in [1.82, 2.24) is 4.98 Å². The number of benzene rings is 1. The molecule has 1 aromatic carbocycles. The van der Waals surface area contributed by atoms with Gasteiger partial charge in [-0.25, -0.2) is 0 Å². The Hall–Kier alpha value is -2.62. The highest BCUT2D eigenvalue weighted by Gasteiger charge is 2.04. The summed E-state index contributed by atoms with van der Waals surface area (Å²) in [6, 6.07) is 11.0. The molecule has 0 radical (unpaired) electrons. The summed E-state index contributed by atoms with van der Waals surface area (Å²) < 4.78 is 5.45. The highest BCUT2D eigenvalue weighted by atomic mass is 16.5. The van der Waals surface area contributed by atoms with Gasteiger partial charge in [0.25, 0.3) is 0 Å². The van der Waals surface area contributed by atoms with Crippen LogP contribution in [0, 0.1) is 0 Å². The normalized spacial score (nSPS) is 10.4. The zero-order valence-electron chi connectivity index (χ0n) is 11.2. The predicted molar refractivity (Wildman–Crippen MR) is 79.5 cm³/mol. The minimum Gasteiger partial charge on any atom is -0.492 e. The summed E-state index contributed by atoms with van der Waals surface area (Å²) in [7, 11) is 0. The van der Waals surface area contributed by atoms with Gasteiger partial charge in [0.15, 0.2) is 0 Å². The van der Waals surface area contributed by atoms with E-state index in [1.54, 1.807) is 24.5 Å². The number of nitrogens with zero attached hydrogens (tertiary/aromatic N) is 1. The number of hydrogen-bond donors (Lipinski definition) is 1. The van der Waals surface area contributed by atoms with Crippen molar-refractivity contribution in [3.8, 4) is 5.75 Å². The minimum absolute atomic E-state index is 0.207. The van der Waals surface area contributed by atoms with E-state index in [0.29, 0.717) is 18.0 Å². The van der Waals surface area contributed by atoms with Crippen molar-refractivity contribution in [3.63, 3.8) is 0 Å². The summed E-state index contributed by atoms with van der Waals surface area (Å²) in [6.07, 6.45) is 6.57. The Balaban J connectivity index is 2.03. The van der Waals surface area contributed by atoms with Crippen LogP contribution in [-0.4, -0.2) is 17.5 Å². The molecule has 4 nitrogen and oxygen atoms in total. The molecule has 102 valence electrons. The van der Waals surface area contributed by atoms with Crippen LogP contribution in [0.3, 0.4) is 0 Å². The molecular weight excluding hydrogens is 252 g/mol. The van der Waals surface area contributed by atoms with Crippen LogP contribution in [-0.2, 0) is 4.79 Å². The average Bonchev–Trinajstić information content (AvgIpc) is 2.49. The minimum atomic E-state index is -0.207. The van der Waals surface area contributed by atoms with E-state index in [4.69, 9.17) is 4.74 Å². The maximum atomic E-state index is 11.9. The van der Waals surface area contributed by atoms with Gasteiger partial charge in [-0.05, 0) is 36.8 Å². The van der Waals surface area contributed by atoms with Crippen molar-refractivity contribution in [2.75, 3.05) is 11.9 Å². The van der Waals surface area contributed by atoms with E-state index in [1.807, 2.05) is 37.3 Å². The number of nitrogens with one attached hydrogen (secondary N) is 1. The van der Waals surface area contributed by atoms with Crippen LogP contribution in [0.15, 0.2) is 54.9 Å². The topological polar surface area (TPSA) is 51.2 Å². The van der Waals surface area contributed by atoms with E-state index in [9.17, 15) is 4.79 Å². The lowest BCUT2D eigenvalue weighted by Gasteiger charge is -2.09. The number of rotatable bonds is 5. The van der Waals surface area contributed by atoms with Crippen molar-refractivity contribution in [3.05, 3.63) is 60.4 Å². The van der Waals surface area contributed by atoms with Gasteiger partial charge in [0, 0.05) is 18.5 Å². The molecule has 1 N–H and O–H groups in total. The summed E-state index contributed by atoms with van der Waals surface area (Å²) in [4.78, 5) is 15.9. The molecule has 0 aliphatic heterocycles. The standard InChI is InChI=1S/C16H16N2O2/c1-2-20-15-8-4-3-7-14(15)18-16(19)10-9-13-6-5-11-17-12-13/h3-12H,2H2,1H3,(H,18,19). The Morgan fingerprint density at radius 1 is 1.30 bits per heavy atom. The number of aromatic nitrogens is 1. The van der Waals surface area contributed by atoms with Crippen molar-refractivity contribution in [1.29, 1.82) is 0 Å². The maximum absolute atomic E-state index is 11.9. The number of hydrogen-bond acceptors (Lipinski definition) is 3. The maximum Gasteiger partial charge on any atom is 0.248 e. The van der Waals surface area contributed by atoms with Gasteiger partial charge in [0.1, 0.15) is 5.75 Å². The predicted octanol–water partition coefficient (Wildman–Crippen LogP) is 3.13. The fourth-order valence-electron chi connectivity index (χ4n) is 1.67. The molecule has 0 bridgehead atoms. The van der Waals surface area contributed by atoms with E-state index in [2.05, 4.69) is 10.3 Å². The Morgan fingerprint density at radius 3 is 2.90 bits per heavy atom. The van der Waals surface area contributed by atoms with Crippen LogP contribution in [0.1, 0.15) is 12.5 Å². The highest BCUT2D eigenvalue weighted by molar-refractivity contribution is 6.02. The van der Waals surface area contributed by atoms with Gasteiger partial charge >= 0.3 is 0 Å². The van der Waals surface area contributed by atoms with E-state index >= 15 is 0 Å². The van der Waals surface area contributed by atoms with Gasteiger partial charge in [-0.3, -0.25) is 9.78 Å². The molecule has 20 heavy (non-hydrogen) atoms. The number of para-hydroxylation sites is 2. The first-order valence-electron chi connectivity index (χ1n) is 6.40. The molecule has 0 spiro atoms. The molecule has 0 saturated heterocycles. The summed E-state index contributed by atoms with van der Waals surface area (Å²) in [5.41, 5.74) is 1.54. The van der Waals surface area contributed by atoms with E-state index in [0.717, 1.165) is 5.56 Å². The molecule has 2 rings (SSSR count). The van der Waals surface area contributed by atoms with Crippen molar-refractivity contribution >= 4 is 17.7 Å². The monoisotopic (exact) mass is 268 g/mol. The third-order valence-corrected chi connectivity index (χ3v) is 2.56. The third kappa shape index (κ3) is 3.95. The lowest BCUT2D eigenvalue weighted by molar-refractivity contribution is -0.111. The average molecular weight is 268 g/mol. The lowest BCUT2D eigenvalue weighted by Crippen LogP contribution is -2.09. The van der Waals surface area contributed by atoms with Crippen LogP contribution < -0.4 is 10.1 Å². The highest BCUT2D eigenvalue weighted by Crippen LogP contribution is 2.23. The first-order chi connectivity index (χ1) is 9.79. The molecule has 0 aliphatic carbocycles. The van der Waals surface area contributed by atoms with E-state index in [-0.39, 0.29) is 5.91 Å². The molecule has 1 amide bonds. The zero-order chi connectivity index (χ0) is 14.2. The molecule has 2 aromatic rings. The molecular formula is C16H16N2O2.